The minimum absolute atomic E-state index is 0.0853. The lowest BCUT2D eigenvalue weighted by Gasteiger charge is -2.12. The van der Waals surface area contributed by atoms with Crippen LogP contribution in [0.3, 0.4) is 0 Å². The second-order valence-electron chi connectivity index (χ2n) is 3.61. The number of hydrogen-bond donors (Lipinski definition) is 0. The van der Waals surface area contributed by atoms with Crippen molar-refractivity contribution in [2.75, 3.05) is 19.9 Å². The zero-order valence-corrected chi connectivity index (χ0v) is 10.1. The predicted octanol–water partition coefficient (Wildman–Crippen LogP) is 0.725. The van der Waals surface area contributed by atoms with Crippen molar-refractivity contribution in [3.8, 4) is 0 Å². The Labute approximate surface area is 97.9 Å². The smallest absolute Gasteiger partial charge is 0.256 e. The first-order chi connectivity index (χ1) is 7.72. The highest BCUT2D eigenvalue weighted by Gasteiger charge is 2.26. The molecule has 0 atom stereocenters. The van der Waals surface area contributed by atoms with Gasteiger partial charge in [-0.2, -0.15) is 0 Å². The molecule has 1 aliphatic rings. The Morgan fingerprint density at radius 1 is 1.75 bits per heavy atom. The molecule has 7 heteroatoms. The first-order valence-electron chi connectivity index (χ1n) is 5.05. The third kappa shape index (κ3) is 2.53. The average molecular weight is 242 g/mol. The van der Waals surface area contributed by atoms with Crippen molar-refractivity contribution in [2.24, 2.45) is 0 Å². The van der Waals surface area contributed by atoms with E-state index in [1.165, 1.54) is 36.8 Å². The first kappa shape index (κ1) is 11.4. The maximum absolute atomic E-state index is 11.5. The van der Waals surface area contributed by atoms with E-state index in [4.69, 9.17) is 4.84 Å². The van der Waals surface area contributed by atoms with Gasteiger partial charge in [-0.15, -0.1) is 10.2 Å². The van der Waals surface area contributed by atoms with Gasteiger partial charge in [-0.25, -0.2) is 5.06 Å². The maximum atomic E-state index is 11.5. The SMILES string of the molecule is CON(C)C(=O)CSc1nncn1C1CC1. The van der Waals surface area contributed by atoms with Crippen molar-refractivity contribution in [1.82, 2.24) is 19.8 Å². The highest BCUT2D eigenvalue weighted by Crippen LogP contribution is 2.37. The molecule has 0 aromatic carbocycles. The van der Waals surface area contributed by atoms with E-state index in [2.05, 4.69) is 10.2 Å². The molecule has 1 amide bonds. The summed E-state index contributed by atoms with van der Waals surface area (Å²) in [6.45, 7) is 0. The monoisotopic (exact) mass is 242 g/mol. The summed E-state index contributed by atoms with van der Waals surface area (Å²) in [5.74, 6) is 0.230. The summed E-state index contributed by atoms with van der Waals surface area (Å²) in [7, 11) is 3.06. The minimum atomic E-state index is -0.0853. The predicted molar refractivity (Wildman–Crippen MR) is 58.8 cm³/mol. The summed E-state index contributed by atoms with van der Waals surface area (Å²) < 4.78 is 2.03. The molecule has 0 radical (unpaired) electrons. The molecule has 2 rings (SSSR count). The lowest BCUT2D eigenvalue weighted by Crippen LogP contribution is -2.27. The molecule has 0 spiro atoms. The van der Waals surface area contributed by atoms with Crippen molar-refractivity contribution in [3.63, 3.8) is 0 Å². The van der Waals surface area contributed by atoms with Crippen molar-refractivity contribution >= 4 is 17.7 Å². The number of rotatable bonds is 5. The summed E-state index contributed by atoms with van der Waals surface area (Å²) >= 11 is 1.39. The number of hydrogen-bond acceptors (Lipinski definition) is 5. The molecule has 0 unspecified atom stereocenters. The third-order valence-corrected chi connectivity index (χ3v) is 3.37. The van der Waals surface area contributed by atoms with Crippen LogP contribution in [0.1, 0.15) is 18.9 Å². The summed E-state index contributed by atoms with van der Waals surface area (Å²) in [6.07, 6.45) is 4.08. The lowest BCUT2D eigenvalue weighted by molar-refractivity contribution is -0.165. The van der Waals surface area contributed by atoms with Gasteiger partial charge in [0.05, 0.1) is 12.9 Å². The summed E-state index contributed by atoms with van der Waals surface area (Å²) in [5.41, 5.74) is 0. The molecule has 6 nitrogen and oxygen atoms in total. The second-order valence-corrected chi connectivity index (χ2v) is 4.56. The van der Waals surface area contributed by atoms with Crippen molar-refractivity contribution in [1.29, 1.82) is 0 Å². The number of amides is 1. The molecule has 1 aromatic heterocycles. The quantitative estimate of drug-likeness (QED) is 0.562. The molecule has 0 bridgehead atoms. The zero-order valence-electron chi connectivity index (χ0n) is 9.29. The van der Waals surface area contributed by atoms with Crippen LogP contribution in [0.5, 0.6) is 0 Å². The largest absolute Gasteiger partial charge is 0.306 e. The fourth-order valence-corrected chi connectivity index (χ4v) is 2.14. The Morgan fingerprint density at radius 2 is 2.50 bits per heavy atom. The normalized spacial score (nSPS) is 15.1. The zero-order chi connectivity index (χ0) is 11.5. The highest BCUT2D eigenvalue weighted by molar-refractivity contribution is 7.99. The van der Waals surface area contributed by atoms with Gasteiger partial charge in [-0.3, -0.25) is 9.63 Å². The molecule has 1 saturated carbocycles. The van der Waals surface area contributed by atoms with Gasteiger partial charge >= 0.3 is 0 Å². The van der Waals surface area contributed by atoms with Crippen LogP contribution in [0.4, 0.5) is 0 Å². The first-order valence-corrected chi connectivity index (χ1v) is 6.04. The number of carbonyl (C=O) groups excluding carboxylic acids is 1. The highest BCUT2D eigenvalue weighted by atomic mass is 32.2. The molecule has 0 aliphatic heterocycles. The molecule has 1 fully saturated rings. The van der Waals surface area contributed by atoms with E-state index in [1.54, 1.807) is 13.4 Å². The molecule has 1 heterocycles. The van der Waals surface area contributed by atoms with Gasteiger partial charge in [0.15, 0.2) is 5.16 Å². The van der Waals surface area contributed by atoms with Crippen molar-refractivity contribution < 1.29 is 9.63 Å². The Balaban J connectivity index is 1.89. The van der Waals surface area contributed by atoms with Gasteiger partial charge < -0.3 is 4.57 Å². The van der Waals surface area contributed by atoms with Gasteiger partial charge in [0.25, 0.3) is 5.91 Å². The topological polar surface area (TPSA) is 60.2 Å². The Bertz CT molecular complexity index is 377. The molecule has 1 aliphatic carbocycles. The second kappa shape index (κ2) is 4.84. The Kier molecular flexibility index (Phi) is 3.45. The minimum Gasteiger partial charge on any atom is -0.306 e. The number of carbonyl (C=O) groups is 1. The molecular weight excluding hydrogens is 228 g/mol. The van der Waals surface area contributed by atoms with Crippen molar-refractivity contribution in [2.45, 2.75) is 24.0 Å². The van der Waals surface area contributed by atoms with Gasteiger partial charge in [0, 0.05) is 13.1 Å². The summed E-state index contributed by atoms with van der Waals surface area (Å²) in [5, 5.41) is 9.88. The molecule has 16 heavy (non-hydrogen) atoms. The summed E-state index contributed by atoms with van der Waals surface area (Å²) in [6, 6.07) is 0.535. The van der Waals surface area contributed by atoms with Crippen LogP contribution in [0.15, 0.2) is 11.5 Å². The number of nitrogens with zero attached hydrogens (tertiary/aromatic N) is 4. The van der Waals surface area contributed by atoms with E-state index in [-0.39, 0.29) is 5.91 Å². The van der Waals surface area contributed by atoms with E-state index >= 15 is 0 Å². The van der Waals surface area contributed by atoms with E-state index in [0.717, 1.165) is 5.16 Å². The van der Waals surface area contributed by atoms with Crippen LogP contribution in [0.25, 0.3) is 0 Å². The van der Waals surface area contributed by atoms with Gasteiger partial charge in [-0.05, 0) is 12.8 Å². The van der Waals surface area contributed by atoms with Gasteiger partial charge in [0.2, 0.25) is 0 Å². The van der Waals surface area contributed by atoms with Crippen LogP contribution >= 0.6 is 11.8 Å². The van der Waals surface area contributed by atoms with Crippen LogP contribution < -0.4 is 0 Å². The van der Waals surface area contributed by atoms with E-state index in [1.807, 2.05) is 4.57 Å². The van der Waals surface area contributed by atoms with Crippen LogP contribution in [-0.2, 0) is 9.63 Å². The Morgan fingerprint density at radius 3 is 3.12 bits per heavy atom. The van der Waals surface area contributed by atoms with E-state index < -0.39 is 0 Å². The molecule has 0 N–H and O–H groups in total. The lowest BCUT2D eigenvalue weighted by atomic mass is 10.7. The van der Waals surface area contributed by atoms with Gasteiger partial charge in [-0.1, -0.05) is 11.8 Å². The number of aromatic nitrogens is 3. The Hall–Kier alpha value is -1.08. The van der Waals surface area contributed by atoms with Crippen LogP contribution in [-0.4, -0.2) is 45.6 Å². The van der Waals surface area contributed by atoms with E-state index in [0.29, 0.717) is 11.8 Å². The molecule has 0 saturated heterocycles. The van der Waals surface area contributed by atoms with E-state index in [9.17, 15) is 4.79 Å². The molecule has 1 aromatic rings. The van der Waals surface area contributed by atoms with Crippen molar-refractivity contribution in [3.05, 3.63) is 6.33 Å². The molecular formula is C9H14N4O2S. The third-order valence-electron chi connectivity index (χ3n) is 2.43. The molecule has 88 valence electrons. The summed E-state index contributed by atoms with van der Waals surface area (Å²) in [4.78, 5) is 16.3. The average Bonchev–Trinajstić information content (AvgIpc) is 3.04. The fourth-order valence-electron chi connectivity index (χ4n) is 1.26. The maximum Gasteiger partial charge on any atom is 0.256 e. The standard InChI is InChI=1S/C9H14N4O2S/c1-12(15-2)8(14)5-16-9-11-10-6-13(9)7-3-4-7/h6-7H,3-5H2,1-2H3. The number of thioether (sulfide) groups is 1. The van der Waals surface area contributed by atoms with Gasteiger partial charge in [0.1, 0.15) is 6.33 Å². The fraction of sp³-hybridized carbons (Fsp3) is 0.667. The van der Waals surface area contributed by atoms with Crippen LogP contribution in [0.2, 0.25) is 0 Å². The van der Waals surface area contributed by atoms with Crippen LogP contribution in [0, 0.1) is 0 Å². The number of hydroxylamine groups is 2.